The van der Waals surface area contributed by atoms with Crippen molar-refractivity contribution in [1.82, 2.24) is 15.1 Å². The van der Waals surface area contributed by atoms with E-state index in [0.717, 1.165) is 32.2 Å². The standard InChI is InChI=1S/C13H29N3S/c1-4-16(5-2)10-8-14-7-9-15(3)13-6-11-17-12-13/h13-14H,4-12H2,1-3H3. The van der Waals surface area contributed by atoms with E-state index < -0.39 is 0 Å². The maximum Gasteiger partial charge on any atom is 0.0191 e. The van der Waals surface area contributed by atoms with Crippen molar-refractivity contribution in [2.45, 2.75) is 26.3 Å². The van der Waals surface area contributed by atoms with Gasteiger partial charge in [-0.25, -0.2) is 0 Å². The van der Waals surface area contributed by atoms with E-state index in [1.54, 1.807) is 0 Å². The Balaban J connectivity index is 1.96. The third-order valence-electron chi connectivity index (χ3n) is 3.67. The van der Waals surface area contributed by atoms with Crippen LogP contribution in [-0.2, 0) is 0 Å². The molecule has 0 saturated carbocycles. The summed E-state index contributed by atoms with van der Waals surface area (Å²) in [4.78, 5) is 4.98. The average Bonchev–Trinajstić information content (AvgIpc) is 2.87. The molecule has 0 amide bonds. The molecule has 1 unspecified atom stereocenters. The van der Waals surface area contributed by atoms with Crippen molar-refractivity contribution in [1.29, 1.82) is 0 Å². The summed E-state index contributed by atoms with van der Waals surface area (Å²) in [7, 11) is 2.27. The van der Waals surface area contributed by atoms with Crippen LogP contribution in [0.1, 0.15) is 20.3 Å². The number of likely N-dealkylation sites (N-methyl/N-ethyl adjacent to an activating group) is 2. The normalized spacial score (nSPS) is 20.6. The Kier molecular flexibility index (Phi) is 8.27. The van der Waals surface area contributed by atoms with Crippen molar-refractivity contribution < 1.29 is 0 Å². The topological polar surface area (TPSA) is 18.5 Å². The maximum absolute atomic E-state index is 3.55. The molecule has 1 atom stereocenters. The molecule has 0 aliphatic carbocycles. The van der Waals surface area contributed by atoms with Gasteiger partial charge in [-0.05, 0) is 32.3 Å². The molecule has 0 spiro atoms. The Morgan fingerprint density at radius 2 is 1.88 bits per heavy atom. The molecule has 0 aromatic rings. The van der Waals surface area contributed by atoms with Gasteiger partial charge in [-0.3, -0.25) is 0 Å². The largest absolute Gasteiger partial charge is 0.314 e. The molecular weight excluding hydrogens is 230 g/mol. The van der Waals surface area contributed by atoms with Crippen LogP contribution in [0, 0.1) is 0 Å². The summed E-state index contributed by atoms with van der Waals surface area (Å²) in [5.41, 5.74) is 0. The van der Waals surface area contributed by atoms with Crippen LogP contribution < -0.4 is 5.32 Å². The minimum Gasteiger partial charge on any atom is -0.314 e. The molecule has 1 aliphatic heterocycles. The van der Waals surface area contributed by atoms with Gasteiger partial charge < -0.3 is 15.1 Å². The van der Waals surface area contributed by atoms with Crippen LogP contribution in [0.4, 0.5) is 0 Å². The Hall–Kier alpha value is 0.230. The quantitative estimate of drug-likeness (QED) is 0.630. The molecule has 1 heterocycles. The van der Waals surface area contributed by atoms with Crippen LogP contribution in [-0.4, -0.2) is 73.7 Å². The van der Waals surface area contributed by atoms with E-state index in [9.17, 15) is 0 Å². The zero-order valence-corrected chi connectivity index (χ0v) is 12.6. The highest BCUT2D eigenvalue weighted by molar-refractivity contribution is 7.99. The SMILES string of the molecule is CCN(CC)CCNCCN(C)C1CCSC1. The van der Waals surface area contributed by atoms with Crippen LogP contribution in [0.25, 0.3) is 0 Å². The molecule has 1 N–H and O–H groups in total. The number of hydrogen-bond acceptors (Lipinski definition) is 4. The summed E-state index contributed by atoms with van der Waals surface area (Å²) in [6.45, 7) is 11.4. The molecule has 0 aromatic heterocycles. The van der Waals surface area contributed by atoms with E-state index in [1.807, 2.05) is 0 Å². The first-order valence-corrected chi connectivity index (χ1v) is 8.14. The fourth-order valence-electron chi connectivity index (χ4n) is 2.21. The highest BCUT2D eigenvalue weighted by Crippen LogP contribution is 2.20. The van der Waals surface area contributed by atoms with Gasteiger partial charge in [0.1, 0.15) is 0 Å². The highest BCUT2D eigenvalue weighted by Gasteiger charge is 2.19. The first-order chi connectivity index (χ1) is 8.27. The minimum absolute atomic E-state index is 0.824. The fraction of sp³-hybridized carbons (Fsp3) is 1.00. The minimum atomic E-state index is 0.824. The maximum atomic E-state index is 3.55. The third-order valence-corrected chi connectivity index (χ3v) is 4.81. The molecule has 1 aliphatic rings. The van der Waals surface area contributed by atoms with Gasteiger partial charge in [0.05, 0.1) is 0 Å². The summed E-state index contributed by atoms with van der Waals surface area (Å²) >= 11 is 2.10. The molecule has 4 heteroatoms. The Labute approximate surface area is 111 Å². The molecule has 3 nitrogen and oxygen atoms in total. The fourth-order valence-corrected chi connectivity index (χ4v) is 3.51. The van der Waals surface area contributed by atoms with Crippen molar-refractivity contribution in [3.63, 3.8) is 0 Å². The number of nitrogens with one attached hydrogen (secondary N) is 1. The van der Waals surface area contributed by atoms with Crippen molar-refractivity contribution in [2.75, 3.05) is 57.8 Å². The molecule has 0 aromatic carbocycles. The first kappa shape index (κ1) is 15.3. The smallest absolute Gasteiger partial charge is 0.0191 e. The third kappa shape index (κ3) is 6.09. The molecule has 0 radical (unpaired) electrons. The summed E-state index contributed by atoms with van der Waals surface area (Å²) in [6, 6.07) is 0.824. The number of hydrogen-bond donors (Lipinski definition) is 1. The molecule has 1 saturated heterocycles. The molecule has 17 heavy (non-hydrogen) atoms. The van der Waals surface area contributed by atoms with E-state index in [-0.39, 0.29) is 0 Å². The summed E-state index contributed by atoms with van der Waals surface area (Å²) in [6.07, 6.45) is 1.38. The van der Waals surface area contributed by atoms with Gasteiger partial charge in [0.25, 0.3) is 0 Å². The lowest BCUT2D eigenvalue weighted by Crippen LogP contribution is -2.39. The van der Waals surface area contributed by atoms with Gasteiger partial charge >= 0.3 is 0 Å². The summed E-state index contributed by atoms with van der Waals surface area (Å²) < 4.78 is 0. The number of rotatable bonds is 9. The van der Waals surface area contributed by atoms with Crippen molar-refractivity contribution in [3.05, 3.63) is 0 Å². The molecule has 1 rings (SSSR count). The Morgan fingerprint density at radius 3 is 2.47 bits per heavy atom. The van der Waals surface area contributed by atoms with E-state index >= 15 is 0 Å². The van der Waals surface area contributed by atoms with Crippen molar-refractivity contribution in [2.24, 2.45) is 0 Å². The van der Waals surface area contributed by atoms with E-state index in [1.165, 1.54) is 31.0 Å². The summed E-state index contributed by atoms with van der Waals surface area (Å²) in [5.74, 6) is 2.68. The highest BCUT2D eigenvalue weighted by atomic mass is 32.2. The van der Waals surface area contributed by atoms with Crippen LogP contribution in [0.5, 0.6) is 0 Å². The van der Waals surface area contributed by atoms with Gasteiger partial charge in [-0.1, -0.05) is 13.8 Å². The van der Waals surface area contributed by atoms with Gasteiger partial charge in [0, 0.05) is 38.0 Å². The molecule has 1 fully saturated rings. The number of thioether (sulfide) groups is 1. The second-order valence-corrected chi connectivity index (χ2v) is 5.92. The Bertz CT molecular complexity index is 180. The van der Waals surface area contributed by atoms with Crippen LogP contribution in [0.2, 0.25) is 0 Å². The lowest BCUT2D eigenvalue weighted by molar-refractivity contribution is 0.256. The van der Waals surface area contributed by atoms with E-state index in [2.05, 4.69) is 47.8 Å². The second-order valence-electron chi connectivity index (χ2n) is 4.77. The van der Waals surface area contributed by atoms with Gasteiger partial charge in [0.2, 0.25) is 0 Å². The van der Waals surface area contributed by atoms with E-state index in [0.29, 0.717) is 0 Å². The Morgan fingerprint density at radius 1 is 1.18 bits per heavy atom. The van der Waals surface area contributed by atoms with Crippen molar-refractivity contribution in [3.8, 4) is 0 Å². The molecule has 0 bridgehead atoms. The lowest BCUT2D eigenvalue weighted by atomic mass is 10.2. The van der Waals surface area contributed by atoms with Crippen LogP contribution in [0.3, 0.4) is 0 Å². The monoisotopic (exact) mass is 259 g/mol. The van der Waals surface area contributed by atoms with Gasteiger partial charge in [-0.2, -0.15) is 11.8 Å². The van der Waals surface area contributed by atoms with Gasteiger partial charge in [-0.15, -0.1) is 0 Å². The van der Waals surface area contributed by atoms with Crippen molar-refractivity contribution >= 4 is 11.8 Å². The number of nitrogens with zero attached hydrogens (tertiary/aromatic N) is 2. The molecular formula is C13H29N3S. The average molecular weight is 259 g/mol. The predicted octanol–water partition coefficient (Wildman–Crippen LogP) is 1.36. The second kappa shape index (κ2) is 9.20. The molecule has 102 valence electrons. The van der Waals surface area contributed by atoms with E-state index in [4.69, 9.17) is 0 Å². The van der Waals surface area contributed by atoms with Crippen LogP contribution >= 0.6 is 11.8 Å². The lowest BCUT2D eigenvalue weighted by Gasteiger charge is -2.24. The predicted molar refractivity (Wildman–Crippen MR) is 79.0 cm³/mol. The first-order valence-electron chi connectivity index (χ1n) is 6.99. The zero-order valence-electron chi connectivity index (χ0n) is 11.7. The van der Waals surface area contributed by atoms with Crippen LogP contribution in [0.15, 0.2) is 0 Å². The van der Waals surface area contributed by atoms with Gasteiger partial charge in [0.15, 0.2) is 0 Å². The zero-order chi connectivity index (χ0) is 12.5. The summed E-state index contributed by atoms with van der Waals surface area (Å²) in [5, 5.41) is 3.55.